The highest BCUT2D eigenvalue weighted by molar-refractivity contribution is 5.52. The van der Waals surface area contributed by atoms with E-state index in [1.165, 1.54) is 17.7 Å². The van der Waals surface area contributed by atoms with Gasteiger partial charge in [-0.05, 0) is 23.5 Å². The zero-order chi connectivity index (χ0) is 13.2. The van der Waals surface area contributed by atoms with E-state index in [1.807, 2.05) is 12.4 Å². The standard InChI is InChI=1S/C15H25N3/c1-12(2)17-9-13-5-7-16-10-14(13)18-8-6-15(3,4)11-18/h5,7,10,12,17H,6,8-9,11H2,1-4H3. The Morgan fingerprint density at radius 1 is 1.44 bits per heavy atom. The maximum Gasteiger partial charge on any atom is 0.0598 e. The van der Waals surface area contributed by atoms with Crippen LogP contribution in [0.5, 0.6) is 0 Å². The van der Waals surface area contributed by atoms with Crippen molar-refractivity contribution in [2.24, 2.45) is 5.41 Å². The van der Waals surface area contributed by atoms with Crippen LogP contribution in [0.4, 0.5) is 5.69 Å². The van der Waals surface area contributed by atoms with Crippen LogP contribution in [0, 0.1) is 5.41 Å². The number of rotatable bonds is 4. The monoisotopic (exact) mass is 247 g/mol. The fraction of sp³-hybridized carbons (Fsp3) is 0.667. The second-order valence-electron chi connectivity index (χ2n) is 6.38. The van der Waals surface area contributed by atoms with E-state index in [2.05, 4.69) is 49.0 Å². The Morgan fingerprint density at radius 2 is 2.22 bits per heavy atom. The van der Waals surface area contributed by atoms with Crippen LogP contribution in [0.3, 0.4) is 0 Å². The lowest BCUT2D eigenvalue weighted by Gasteiger charge is -2.24. The Bertz CT molecular complexity index is 398. The summed E-state index contributed by atoms with van der Waals surface area (Å²) in [6.07, 6.45) is 5.17. The maximum absolute atomic E-state index is 4.30. The minimum atomic E-state index is 0.429. The van der Waals surface area contributed by atoms with Crippen molar-refractivity contribution >= 4 is 5.69 Å². The van der Waals surface area contributed by atoms with E-state index < -0.39 is 0 Å². The molecule has 0 amide bonds. The van der Waals surface area contributed by atoms with Gasteiger partial charge in [0.25, 0.3) is 0 Å². The molecule has 3 nitrogen and oxygen atoms in total. The highest BCUT2D eigenvalue weighted by atomic mass is 15.2. The lowest BCUT2D eigenvalue weighted by molar-refractivity contribution is 0.418. The Labute approximate surface area is 111 Å². The third-order valence-electron chi connectivity index (χ3n) is 3.61. The number of anilines is 1. The summed E-state index contributed by atoms with van der Waals surface area (Å²) in [5, 5.41) is 3.49. The molecule has 1 saturated heterocycles. The minimum Gasteiger partial charge on any atom is -0.369 e. The molecular formula is C15H25N3. The highest BCUT2D eigenvalue weighted by Crippen LogP contribution is 2.33. The Kier molecular flexibility index (Phi) is 3.91. The van der Waals surface area contributed by atoms with Crippen molar-refractivity contribution in [1.82, 2.24) is 10.3 Å². The van der Waals surface area contributed by atoms with E-state index in [9.17, 15) is 0 Å². The Hall–Kier alpha value is -1.09. The molecule has 0 spiro atoms. The molecule has 2 heterocycles. The normalized spacial score (nSPS) is 18.6. The van der Waals surface area contributed by atoms with E-state index in [1.54, 1.807) is 0 Å². The predicted molar refractivity (Wildman–Crippen MR) is 76.8 cm³/mol. The molecule has 0 radical (unpaired) electrons. The van der Waals surface area contributed by atoms with Crippen LogP contribution < -0.4 is 10.2 Å². The summed E-state index contributed by atoms with van der Waals surface area (Å²) in [7, 11) is 0. The minimum absolute atomic E-state index is 0.429. The average Bonchev–Trinajstić information content (AvgIpc) is 2.67. The van der Waals surface area contributed by atoms with Crippen molar-refractivity contribution in [2.45, 2.75) is 46.7 Å². The van der Waals surface area contributed by atoms with Gasteiger partial charge in [0.2, 0.25) is 0 Å². The fourth-order valence-electron chi connectivity index (χ4n) is 2.48. The van der Waals surface area contributed by atoms with Crippen LogP contribution in [0.2, 0.25) is 0 Å². The number of hydrogen-bond acceptors (Lipinski definition) is 3. The van der Waals surface area contributed by atoms with Gasteiger partial charge in [-0.15, -0.1) is 0 Å². The summed E-state index contributed by atoms with van der Waals surface area (Å²) in [5.74, 6) is 0. The first-order valence-corrected chi connectivity index (χ1v) is 6.89. The van der Waals surface area contributed by atoms with E-state index >= 15 is 0 Å². The molecule has 1 aliphatic heterocycles. The molecule has 1 aliphatic rings. The Balaban J connectivity index is 2.12. The van der Waals surface area contributed by atoms with Crippen LogP contribution in [0.15, 0.2) is 18.5 Å². The predicted octanol–water partition coefficient (Wildman–Crippen LogP) is 2.82. The van der Waals surface area contributed by atoms with Crippen LogP contribution in [-0.4, -0.2) is 24.1 Å². The van der Waals surface area contributed by atoms with Gasteiger partial charge in [-0.3, -0.25) is 4.98 Å². The SMILES string of the molecule is CC(C)NCc1ccncc1N1CCC(C)(C)C1. The second kappa shape index (κ2) is 5.27. The molecule has 1 aromatic rings. The fourth-order valence-corrected chi connectivity index (χ4v) is 2.48. The first-order valence-electron chi connectivity index (χ1n) is 6.89. The summed E-state index contributed by atoms with van der Waals surface area (Å²) in [4.78, 5) is 6.77. The van der Waals surface area contributed by atoms with Crippen LogP contribution in [-0.2, 0) is 6.54 Å². The van der Waals surface area contributed by atoms with E-state index in [0.29, 0.717) is 11.5 Å². The summed E-state index contributed by atoms with van der Waals surface area (Å²) in [5.41, 5.74) is 3.09. The molecule has 100 valence electrons. The van der Waals surface area contributed by atoms with Gasteiger partial charge in [0.1, 0.15) is 0 Å². The van der Waals surface area contributed by atoms with Crippen molar-refractivity contribution in [3.63, 3.8) is 0 Å². The van der Waals surface area contributed by atoms with E-state index in [0.717, 1.165) is 19.6 Å². The van der Waals surface area contributed by atoms with Crippen molar-refractivity contribution in [2.75, 3.05) is 18.0 Å². The molecule has 3 heteroatoms. The Morgan fingerprint density at radius 3 is 2.83 bits per heavy atom. The summed E-state index contributed by atoms with van der Waals surface area (Å²) in [6.45, 7) is 12.2. The molecule has 0 bridgehead atoms. The van der Waals surface area contributed by atoms with Gasteiger partial charge in [-0.25, -0.2) is 0 Å². The van der Waals surface area contributed by atoms with Crippen molar-refractivity contribution in [3.8, 4) is 0 Å². The lowest BCUT2D eigenvalue weighted by Crippen LogP contribution is -2.27. The van der Waals surface area contributed by atoms with Gasteiger partial charge in [-0.1, -0.05) is 27.7 Å². The molecule has 2 rings (SSSR count). The lowest BCUT2D eigenvalue weighted by atomic mass is 9.93. The molecule has 0 aromatic carbocycles. The van der Waals surface area contributed by atoms with Gasteiger partial charge < -0.3 is 10.2 Å². The second-order valence-corrected chi connectivity index (χ2v) is 6.38. The molecule has 1 aromatic heterocycles. The summed E-state index contributed by atoms with van der Waals surface area (Å²) < 4.78 is 0. The maximum atomic E-state index is 4.30. The third kappa shape index (κ3) is 3.22. The van der Waals surface area contributed by atoms with Crippen LogP contribution in [0.1, 0.15) is 39.7 Å². The van der Waals surface area contributed by atoms with Gasteiger partial charge in [0, 0.05) is 31.9 Å². The largest absolute Gasteiger partial charge is 0.369 e. The first kappa shape index (κ1) is 13.3. The molecule has 1 fully saturated rings. The van der Waals surface area contributed by atoms with Gasteiger partial charge >= 0.3 is 0 Å². The number of aromatic nitrogens is 1. The molecule has 0 atom stereocenters. The zero-order valence-electron chi connectivity index (χ0n) is 12.0. The van der Waals surface area contributed by atoms with E-state index in [4.69, 9.17) is 0 Å². The number of nitrogens with one attached hydrogen (secondary N) is 1. The molecular weight excluding hydrogens is 222 g/mol. The van der Waals surface area contributed by atoms with Crippen molar-refractivity contribution in [3.05, 3.63) is 24.0 Å². The molecule has 0 saturated carbocycles. The zero-order valence-corrected chi connectivity index (χ0v) is 12.0. The average molecular weight is 247 g/mol. The van der Waals surface area contributed by atoms with E-state index in [-0.39, 0.29) is 0 Å². The summed E-state index contributed by atoms with van der Waals surface area (Å²) >= 11 is 0. The summed E-state index contributed by atoms with van der Waals surface area (Å²) in [6, 6.07) is 2.65. The third-order valence-corrected chi connectivity index (χ3v) is 3.61. The van der Waals surface area contributed by atoms with Crippen LogP contribution in [0.25, 0.3) is 0 Å². The van der Waals surface area contributed by atoms with Crippen molar-refractivity contribution < 1.29 is 0 Å². The molecule has 0 aliphatic carbocycles. The van der Waals surface area contributed by atoms with Gasteiger partial charge in [0.15, 0.2) is 0 Å². The quantitative estimate of drug-likeness (QED) is 0.887. The number of hydrogen-bond donors (Lipinski definition) is 1. The smallest absolute Gasteiger partial charge is 0.0598 e. The number of nitrogens with zero attached hydrogens (tertiary/aromatic N) is 2. The highest BCUT2D eigenvalue weighted by Gasteiger charge is 2.30. The molecule has 1 N–H and O–H groups in total. The molecule has 18 heavy (non-hydrogen) atoms. The first-order chi connectivity index (χ1) is 8.48. The van der Waals surface area contributed by atoms with Crippen molar-refractivity contribution in [1.29, 1.82) is 0 Å². The van der Waals surface area contributed by atoms with Crippen LogP contribution >= 0.6 is 0 Å². The van der Waals surface area contributed by atoms with Gasteiger partial charge in [0.05, 0.1) is 11.9 Å². The number of pyridine rings is 1. The topological polar surface area (TPSA) is 28.2 Å². The van der Waals surface area contributed by atoms with Gasteiger partial charge in [-0.2, -0.15) is 0 Å². The molecule has 0 unspecified atom stereocenters.